The van der Waals surface area contributed by atoms with E-state index in [1.807, 2.05) is 0 Å². The minimum Gasteiger partial charge on any atom is -0.337 e. The van der Waals surface area contributed by atoms with Gasteiger partial charge in [-0.3, -0.25) is 4.79 Å². The fourth-order valence-electron chi connectivity index (χ4n) is 2.01. The maximum Gasteiger partial charge on any atom is 0.254 e. The quantitative estimate of drug-likeness (QED) is 0.864. The Labute approximate surface area is 108 Å². The standard InChI is InChI=1S/C12H14BrFN2O/c13-10-4-3-8(6-11(10)14)12(17)16-5-1-2-9(15)7-16/h3-4,6,9H,1-2,5,7,15H2. The highest BCUT2D eigenvalue weighted by molar-refractivity contribution is 9.10. The lowest BCUT2D eigenvalue weighted by Crippen LogP contribution is -2.45. The van der Waals surface area contributed by atoms with Crippen molar-refractivity contribution in [2.24, 2.45) is 5.73 Å². The molecule has 1 aromatic rings. The van der Waals surface area contributed by atoms with Gasteiger partial charge < -0.3 is 10.6 Å². The van der Waals surface area contributed by atoms with Crippen molar-refractivity contribution in [2.75, 3.05) is 13.1 Å². The van der Waals surface area contributed by atoms with Crippen LogP contribution >= 0.6 is 15.9 Å². The van der Waals surface area contributed by atoms with Crippen molar-refractivity contribution in [3.05, 3.63) is 34.1 Å². The third-order valence-electron chi connectivity index (χ3n) is 2.91. The molecule has 17 heavy (non-hydrogen) atoms. The normalized spacial score (nSPS) is 20.4. The molecule has 92 valence electrons. The van der Waals surface area contributed by atoms with Gasteiger partial charge in [0.15, 0.2) is 0 Å². The van der Waals surface area contributed by atoms with E-state index < -0.39 is 5.82 Å². The molecule has 2 rings (SSSR count). The van der Waals surface area contributed by atoms with Crippen molar-refractivity contribution in [1.29, 1.82) is 0 Å². The zero-order valence-electron chi connectivity index (χ0n) is 9.33. The molecule has 1 atom stereocenters. The van der Waals surface area contributed by atoms with Crippen LogP contribution in [0.4, 0.5) is 4.39 Å². The molecule has 1 aliphatic rings. The van der Waals surface area contributed by atoms with Gasteiger partial charge in [-0.25, -0.2) is 4.39 Å². The minimum absolute atomic E-state index is 0.0352. The predicted octanol–water partition coefficient (Wildman–Crippen LogP) is 2.15. The molecule has 1 saturated heterocycles. The Bertz CT molecular complexity index is 439. The van der Waals surface area contributed by atoms with Gasteiger partial charge in [0, 0.05) is 24.7 Å². The highest BCUT2D eigenvalue weighted by Crippen LogP contribution is 2.19. The van der Waals surface area contributed by atoms with Gasteiger partial charge in [-0.2, -0.15) is 0 Å². The van der Waals surface area contributed by atoms with E-state index in [0.717, 1.165) is 12.8 Å². The second-order valence-electron chi connectivity index (χ2n) is 4.28. The van der Waals surface area contributed by atoms with Crippen molar-refractivity contribution >= 4 is 21.8 Å². The minimum atomic E-state index is -0.419. The smallest absolute Gasteiger partial charge is 0.254 e. The Kier molecular flexibility index (Phi) is 3.79. The SMILES string of the molecule is NC1CCCN(C(=O)c2ccc(Br)c(F)c2)C1. The second-order valence-corrected chi connectivity index (χ2v) is 5.14. The average molecular weight is 301 g/mol. The monoisotopic (exact) mass is 300 g/mol. The van der Waals surface area contributed by atoms with E-state index in [1.165, 1.54) is 6.07 Å². The maximum absolute atomic E-state index is 13.3. The molecule has 2 N–H and O–H groups in total. The van der Waals surface area contributed by atoms with Crippen LogP contribution in [0.15, 0.2) is 22.7 Å². The van der Waals surface area contributed by atoms with E-state index in [4.69, 9.17) is 5.73 Å². The number of rotatable bonds is 1. The summed E-state index contributed by atoms with van der Waals surface area (Å²) < 4.78 is 13.7. The maximum atomic E-state index is 13.3. The molecule has 0 radical (unpaired) electrons. The highest BCUT2D eigenvalue weighted by Gasteiger charge is 2.22. The number of amides is 1. The fourth-order valence-corrected chi connectivity index (χ4v) is 2.25. The van der Waals surface area contributed by atoms with E-state index in [-0.39, 0.29) is 11.9 Å². The number of piperidine rings is 1. The first kappa shape index (κ1) is 12.5. The molecule has 1 heterocycles. The number of nitrogens with two attached hydrogens (primary N) is 1. The Morgan fingerprint density at radius 1 is 1.53 bits per heavy atom. The number of halogens is 2. The number of hydrogen-bond donors (Lipinski definition) is 1. The van der Waals surface area contributed by atoms with Gasteiger partial charge in [0.2, 0.25) is 0 Å². The summed E-state index contributed by atoms with van der Waals surface area (Å²) in [4.78, 5) is 13.8. The van der Waals surface area contributed by atoms with Gasteiger partial charge in [0.1, 0.15) is 5.82 Å². The fraction of sp³-hybridized carbons (Fsp3) is 0.417. The van der Waals surface area contributed by atoms with E-state index in [9.17, 15) is 9.18 Å². The van der Waals surface area contributed by atoms with Gasteiger partial charge in [-0.05, 0) is 47.0 Å². The van der Waals surface area contributed by atoms with E-state index >= 15 is 0 Å². The van der Waals surface area contributed by atoms with Gasteiger partial charge in [-0.15, -0.1) is 0 Å². The molecule has 5 heteroatoms. The number of carbonyl (C=O) groups excluding carboxylic acids is 1. The lowest BCUT2D eigenvalue weighted by molar-refractivity contribution is 0.0708. The van der Waals surface area contributed by atoms with Crippen LogP contribution in [0, 0.1) is 5.82 Å². The van der Waals surface area contributed by atoms with Crippen LogP contribution in [0.25, 0.3) is 0 Å². The lowest BCUT2D eigenvalue weighted by atomic mass is 10.1. The summed E-state index contributed by atoms with van der Waals surface area (Å²) in [5, 5.41) is 0. The third-order valence-corrected chi connectivity index (χ3v) is 3.55. The summed E-state index contributed by atoms with van der Waals surface area (Å²) in [5.41, 5.74) is 6.19. The van der Waals surface area contributed by atoms with E-state index in [1.54, 1.807) is 17.0 Å². The Balaban J connectivity index is 2.15. The van der Waals surface area contributed by atoms with Crippen LogP contribution in [-0.4, -0.2) is 29.9 Å². The van der Waals surface area contributed by atoms with Crippen molar-refractivity contribution in [2.45, 2.75) is 18.9 Å². The molecule has 3 nitrogen and oxygen atoms in total. The third kappa shape index (κ3) is 2.84. The number of hydrogen-bond acceptors (Lipinski definition) is 2. The molecule has 1 fully saturated rings. The summed E-state index contributed by atoms with van der Waals surface area (Å²) in [5.74, 6) is -0.566. The summed E-state index contributed by atoms with van der Waals surface area (Å²) in [6.45, 7) is 1.25. The molecule has 0 aromatic heterocycles. The molecule has 0 aliphatic carbocycles. The number of carbonyl (C=O) groups is 1. The molecule has 0 bridgehead atoms. The zero-order valence-corrected chi connectivity index (χ0v) is 10.9. The Morgan fingerprint density at radius 3 is 2.94 bits per heavy atom. The van der Waals surface area contributed by atoms with Crippen molar-refractivity contribution in [3.8, 4) is 0 Å². The Hall–Kier alpha value is -0.940. The van der Waals surface area contributed by atoms with Crippen LogP contribution in [0.5, 0.6) is 0 Å². The molecule has 0 spiro atoms. The summed E-state index contributed by atoms with van der Waals surface area (Å²) in [7, 11) is 0. The van der Waals surface area contributed by atoms with Gasteiger partial charge in [0.05, 0.1) is 4.47 Å². The Morgan fingerprint density at radius 2 is 2.29 bits per heavy atom. The van der Waals surface area contributed by atoms with E-state index in [0.29, 0.717) is 23.1 Å². The summed E-state index contributed by atoms with van der Waals surface area (Å²) in [6.07, 6.45) is 1.85. The molecule has 0 saturated carbocycles. The van der Waals surface area contributed by atoms with E-state index in [2.05, 4.69) is 15.9 Å². The average Bonchev–Trinajstić information content (AvgIpc) is 2.32. The van der Waals surface area contributed by atoms with Crippen LogP contribution in [0.1, 0.15) is 23.2 Å². The molecule has 1 amide bonds. The molecule has 1 aliphatic heterocycles. The summed E-state index contributed by atoms with van der Waals surface area (Å²) >= 11 is 3.06. The topological polar surface area (TPSA) is 46.3 Å². The molecule has 1 unspecified atom stereocenters. The molecular formula is C12H14BrFN2O. The second kappa shape index (κ2) is 5.14. The molecular weight excluding hydrogens is 287 g/mol. The number of benzene rings is 1. The predicted molar refractivity (Wildman–Crippen MR) is 67.2 cm³/mol. The first-order chi connectivity index (χ1) is 8.08. The zero-order chi connectivity index (χ0) is 12.4. The van der Waals surface area contributed by atoms with Gasteiger partial charge >= 0.3 is 0 Å². The van der Waals surface area contributed by atoms with Crippen LogP contribution in [-0.2, 0) is 0 Å². The first-order valence-corrected chi connectivity index (χ1v) is 6.37. The van der Waals surface area contributed by atoms with Crippen LogP contribution in [0.3, 0.4) is 0 Å². The van der Waals surface area contributed by atoms with Crippen molar-refractivity contribution in [3.63, 3.8) is 0 Å². The van der Waals surface area contributed by atoms with Crippen LogP contribution < -0.4 is 5.73 Å². The van der Waals surface area contributed by atoms with Crippen molar-refractivity contribution in [1.82, 2.24) is 4.90 Å². The van der Waals surface area contributed by atoms with Crippen LogP contribution in [0.2, 0.25) is 0 Å². The van der Waals surface area contributed by atoms with Gasteiger partial charge in [0.25, 0.3) is 5.91 Å². The summed E-state index contributed by atoms with van der Waals surface area (Å²) in [6, 6.07) is 4.46. The van der Waals surface area contributed by atoms with Crippen molar-refractivity contribution < 1.29 is 9.18 Å². The highest BCUT2D eigenvalue weighted by atomic mass is 79.9. The van der Waals surface area contributed by atoms with Gasteiger partial charge in [-0.1, -0.05) is 0 Å². The first-order valence-electron chi connectivity index (χ1n) is 5.58. The number of likely N-dealkylation sites (tertiary alicyclic amines) is 1. The number of nitrogens with zero attached hydrogens (tertiary/aromatic N) is 1. The molecule has 1 aromatic carbocycles. The lowest BCUT2D eigenvalue weighted by Gasteiger charge is -2.30. The largest absolute Gasteiger partial charge is 0.337 e.